The van der Waals surface area contributed by atoms with Crippen LogP contribution in [0, 0.1) is 0 Å². The van der Waals surface area contributed by atoms with E-state index in [2.05, 4.69) is 21.6 Å². The summed E-state index contributed by atoms with van der Waals surface area (Å²) in [6.45, 7) is 4.60. The Bertz CT molecular complexity index is 822. The number of fused-ring (bicyclic) bond motifs is 1. The molecule has 1 aliphatic heterocycles. The smallest absolute Gasteiger partial charge is 0.322 e. The maximum atomic E-state index is 11.2. The summed E-state index contributed by atoms with van der Waals surface area (Å²) in [5.41, 5.74) is 0.947. The molecule has 7 nitrogen and oxygen atoms in total. The van der Waals surface area contributed by atoms with Gasteiger partial charge in [0.25, 0.3) is 5.56 Å². The number of esters is 1. The Morgan fingerprint density at radius 1 is 1.36 bits per heavy atom. The molecule has 134 valence electrons. The molecule has 0 bridgehead atoms. The van der Waals surface area contributed by atoms with Crippen molar-refractivity contribution in [1.29, 1.82) is 0 Å². The molecule has 1 atom stereocenters. The molecule has 0 radical (unpaired) electrons. The molecule has 25 heavy (non-hydrogen) atoms. The van der Waals surface area contributed by atoms with E-state index in [1.54, 1.807) is 18.2 Å². The second-order valence-corrected chi connectivity index (χ2v) is 5.53. The second-order valence-electron chi connectivity index (χ2n) is 5.53. The first-order valence-corrected chi connectivity index (χ1v) is 7.87. The summed E-state index contributed by atoms with van der Waals surface area (Å²) in [7, 11) is 2.96. The summed E-state index contributed by atoms with van der Waals surface area (Å²) in [4.78, 5) is 24.5. The number of H-pyrrole nitrogens is 1. The van der Waals surface area contributed by atoms with Gasteiger partial charge in [0.2, 0.25) is 0 Å². The van der Waals surface area contributed by atoms with E-state index >= 15 is 0 Å². The van der Waals surface area contributed by atoms with Crippen LogP contribution in [-0.2, 0) is 9.53 Å². The number of methoxy groups -OCH3 is 2. The molecule has 0 spiro atoms. The van der Waals surface area contributed by atoms with E-state index in [0.29, 0.717) is 16.7 Å². The van der Waals surface area contributed by atoms with Gasteiger partial charge in [-0.3, -0.25) is 9.59 Å². The van der Waals surface area contributed by atoms with Crippen LogP contribution in [-0.4, -0.2) is 42.9 Å². The lowest BCUT2D eigenvalue weighted by Crippen LogP contribution is -2.31. The molecule has 0 aliphatic carbocycles. The van der Waals surface area contributed by atoms with Gasteiger partial charge in [-0.15, -0.1) is 0 Å². The molecule has 2 aromatic rings. The first-order chi connectivity index (χ1) is 12.0. The van der Waals surface area contributed by atoms with E-state index in [1.165, 1.54) is 14.2 Å². The van der Waals surface area contributed by atoms with Crippen LogP contribution < -0.4 is 15.6 Å². The summed E-state index contributed by atoms with van der Waals surface area (Å²) in [6.07, 6.45) is 3.63. The maximum absolute atomic E-state index is 11.2. The molecular formula is C18H22N2O5. The predicted octanol–water partition coefficient (Wildman–Crippen LogP) is 1.80. The van der Waals surface area contributed by atoms with Gasteiger partial charge in [0.15, 0.2) is 0 Å². The van der Waals surface area contributed by atoms with E-state index in [0.717, 1.165) is 31.0 Å². The lowest BCUT2D eigenvalue weighted by Gasteiger charge is -2.07. The first kappa shape index (κ1) is 18.5. The van der Waals surface area contributed by atoms with Crippen LogP contribution in [0.2, 0.25) is 0 Å². The van der Waals surface area contributed by atoms with Gasteiger partial charge in [0.05, 0.1) is 19.7 Å². The number of carbonyl (C=O) groups is 1. The lowest BCUT2D eigenvalue weighted by atomic mass is 10.1. The minimum Gasteiger partial charge on any atom is -0.507 e. The fraction of sp³-hybridized carbons (Fsp3) is 0.333. The fourth-order valence-corrected chi connectivity index (χ4v) is 2.65. The Kier molecular flexibility index (Phi) is 6.19. The van der Waals surface area contributed by atoms with Crippen molar-refractivity contribution in [1.82, 2.24) is 10.3 Å². The molecule has 1 unspecified atom stereocenters. The highest BCUT2D eigenvalue weighted by atomic mass is 16.5. The minimum atomic E-state index is -0.349. The maximum Gasteiger partial charge on any atom is 0.322 e. The van der Waals surface area contributed by atoms with Gasteiger partial charge in [-0.1, -0.05) is 12.7 Å². The van der Waals surface area contributed by atoms with Crippen molar-refractivity contribution in [3.8, 4) is 11.5 Å². The number of pyridine rings is 1. The number of rotatable bonds is 3. The van der Waals surface area contributed by atoms with E-state index in [1.807, 2.05) is 0 Å². The van der Waals surface area contributed by atoms with Crippen molar-refractivity contribution in [2.24, 2.45) is 0 Å². The topological polar surface area (TPSA) is 101 Å². The molecule has 1 aliphatic rings. The van der Waals surface area contributed by atoms with Crippen LogP contribution in [0.25, 0.3) is 17.0 Å². The minimum absolute atomic E-state index is 0.0324. The molecular weight excluding hydrogens is 324 g/mol. The average Bonchev–Trinajstić information content (AvgIpc) is 3.15. The molecule has 3 rings (SSSR count). The normalized spacial score (nSPS) is 16.0. The highest BCUT2D eigenvalue weighted by Crippen LogP contribution is 2.29. The van der Waals surface area contributed by atoms with Crippen LogP contribution in [0.3, 0.4) is 0 Å². The number of hydrogen-bond acceptors (Lipinski definition) is 6. The number of carbonyl (C=O) groups excluding carboxylic acids is 1. The van der Waals surface area contributed by atoms with Gasteiger partial charge in [-0.25, -0.2) is 0 Å². The third-order valence-corrected chi connectivity index (χ3v) is 3.94. The van der Waals surface area contributed by atoms with Gasteiger partial charge < -0.3 is 24.9 Å². The summed E-state index contributed by atoms with van der Waals surface area (Å²) in [5, 5.41) is 13.2. The lowest BCUT2D eigenvalue weighted by molar-refractivity contribution is -0.142. The van der Waals surface area contributed by atoms with Gasteiger partial charge in [0.1, 0.15) is 17.5 Å². The van der Waals surface area contributed by atoms with Crippen molar-refractivity contribution in [2.75, 3.05) is 20.8 Å². The number of benzene rings is 1. The Balaban J connectivity index is 0.000000212. The van der Waals surface area contributed by atoms with E-state index in [-0.39, 0.29) is 23.3 Å². The third kappa shape index (κ3) is 4.39. The number of nitrogens with one attached hydrogen (secondary N) is 2. The average molecular weight is 346 g/mol. The zero-order valence-corrected chi connectivity index (χ0v) is 14.3. The molecule has 7 heteroatoms. The van der Waals surface area contributed by atoms with Crippen molar-refractivity contribution < 1.29 is 19.4 Å². The molecule has 1 fully saturated rings. The molecule has 1 aromatic carbocycles. The van der Waals surface area contributed by atoms with Gasteiger partial charge in [-0.2, -0.15) is 0 Å². The predicted molar refractivity (Wildman–Crippen MR) is 95.9 cm³/mol. The number of hydrogen-bond donors (Lipinski definition) is 3. The molecule has 0 amide bonds. The summed E-state index contributed by atoms with van der Waals surface area (Å²) >= 11 is 0. The van der Waals surface area contributed by atoms with Gasteiger partial charge in [-0.05, 0) is 25.5 Å². The van der Waals surface area contributed by atoms with E-state index in [9.17, 15) is 14.7 Å². The molecule has 2 heterocycles. The fourth-order valence-electron chi connectivity index (χ4n) is 2.65. The summed E-state index contributed by atoms with van der Waals surface area (Å²) in [6, 6.07) is 4.48. The van der Waals surface area contributed by atoms with Crippen molar-refractivity contribution in [3.63, 3.8) is 0 Å². The van der Waals surface area contributed by atoms with Crippen LogP contribution in [0.1, 0.15) is 18.4 Å². The molecule has 1 aromatic heterocycles. The number of aromatic nitrogens is 1. The Labute approximate surface area is 145 Å². The largest absolute Gasteiger partial charge is 0.507 e. The van der Waals surface area contributed by atoms with Crippen LogP contribution >= 0.6 is 0 Å². The van der Waals surface area contributed by atoms with Crippen molar-refractivity contribution in [3.05, 3.63) is 40.7 Å². The number of aromatic hydroxyl groups is 1. The Morgan fingerprint density at radius 3 is 2.68 bits per heavy atom. The summed E-state index contributed by atoms with van der Waals surface area (Å²) < 4.78 is 9.68. The van der Waals surface area contributed by atoms with E-state index < -0.39 is 0 Å². The molecule has 1 saturated heterocycles. The van der Waals surface area contributed by atoms with Crippen molar-refractivity contribution in [2.45, 2.75) is 18.9 Å². The monoisotopic (exact) mass is 346 g/mol. The third-order valence-electron chi connectivity index (χ3n) is 3.94. The molecule has 0 saturated carbocycles. The first-order valence-electron chi connectivity index (χ1n) is 7.87. The quantitative estimate of drug-likeness (QED) is 0.733. The van der Waals surface area contributed by atoms with Crippen molar-refractivity contribution >= 4 is 22.9 Å². The van der Waals surface area contributed by atoms with Crippen LogP contribution in [0.4, 0.5) is 0 Å². The number of aromatic amines is 1. The van der Waals surface area contributed by atoms with E-state index in [4.69, 9.17) is 4.74 Å². The zero-order chi connectivity index (χ0) is 18.4. The second kappa shape index (κ2) is 8.34. The molecule has 3 N–H and O–H groups in total. The van der Waals surface area contributed by atoms with Gasteiger partial charge in [0, 0.05) is 23.1 Å². The standard InChI is InChI=1S/C12H11NO3.C6H11NO2/c1-3-7-4-8-9(5-11(7)16-2)13-12(15)6-10(8)14;1-9-6(8)5-3-2-4-7-5/h3-6H,1H2,2H3,(H2,13,14,15);5,7H,2-4H2,1H3. The highest BCUT2D eigenvalue weighted by Gasteiger charge is 2.21. The van der Waals surface area contributed by atoms with Gasteiger partial charge >= 0.3 is 5.97 Å². The number of ether oxygens (including phenoxy) is 2. The zero-order valence-electron chi connectivity index (χ0n) is 14.3. The Hall–Kier alpha value is -2.80. The Morgan fingerprint density at radius 2 is 2.12 bits per heavy atom. The van der Waals surface area contributed by atoms with Crippen LogP contribution in [0.15, 0.2) is 29.6 Å². The SMILES string of the molecule is C=Cc1cc2c(O)cc(=O)[nH]c2cc1OC.COC(=O)C1CCCN1. The summed E-state index contributed by atoms with van der Waals surface area (Å²) in [5.74, 6) is 0.417. The van der Waals surface area contributed by atoms with Crippen LogP contribution in [0.5, 0.6) is 11.5 Å². The highest BCUT2D eigenvalue weighted by molar-refractivity contribution is 5.88.